The van der Waals surface area contributed by atoms with Gasteiger partial charge in [0.25, 0.3) is 0 Å². The van der Waals surface area contributed by atoms with E-state index in [9.17, 15) is 0 Å². The van der Waals surface area contributed by atoms with Crippen LogP contribution < -0.4 is 5.32 Å². The van der Waals surface area contributed by atoms with Gasteiger partial charge in [-0.15, -0.1) is 0 Å². The summed E-state index contributed by atoms with van der Waals surface area (Å²) in [5, 5.41) is 5.54. The topological polar surface area (TPSA) is 37.8 Å². The predicted octanol–water partition coefficient (Wildman–Crippen LogP) is 4.01. The van der Waals surface area contributed by atoms with Gasteiger partial charge < -0.3 is 5.32 Å². The zero-order valence-corrected chi connectivity index (χ0v) is 11.8. The molecule has 1 aliphatic carbocycles. The summed E-state index contributed by atoms with van der Waals surface area (Å²) >= 11 is 13.4. The number of nitrogens with one attached hydrogen (secondary N) is 1. The van der Waals surface area contributed by atoms with Crippen LogP contribution in [0.2, 0.25) is 10.0 Å². The van der Waals surface area contributed by atoms with Crippen molar-refractivity contribution in [1.82, 2.24) is 9.36 Å². The molecular weight excluding hydrogens is 289 g/mol. The van der Waals surface area contributed by atoms with E-state index in [4.69, 9.17) is 23.2 Å². The molecule has 0 spiro atoms. The molecule has 1 N–H and O–H groups in total. The van der Waals surface area contributed by atoms with Gasteiger partial charge in [0.15, 0.2) is 0 Å². The minimum Gasteiger partial charge on any atom is -0.358 e. The van der Waals surface area contributed by atoms with Crippen LogP contribution in [0, 0.1) is 0 Å². The summed E-state index contributed by atoms with van der Waals surface area (Å²) in [5.74, 6) is 0.798. The number of rotatable bonds is 4. The Labute approximate surface area is 119 Å². The van der Waals surface area contributed by atoms with Gasteiger partial charge in [0.2, 0.25) is 5.13 Å². The average Bonchev–Trinajstić information content (AvgIpc) is 3.02. The highest BCUT2D eigenvalue weighted by Gasteiger charge is 2.22. The van der Waals surface area contributed by atoms with Crippen molar-refractivity contribution in [2.45, 2.75) is 25.3 Å². The van der Waals surface area contributed by atoms with E-state index in [1.807, 2.05) is 12.1 Å². The predicted molar refractivity (Wildman–Crippen MR) is 75.8 cm³/mol. The van der Waals surface area contributed by atoms with Gasteiger partial charge in [-0.3, -0.25) is 0 Å². The van der Waals surface area contributed by atoms with Gasteiger partial charge in [-0.25, -0.2) is 4.98 Å². The van der Waals surface area contributed by atoms with E-state index < -0.39 is 0 Å². The van der Waals surface area contributed by atoms with Crippen molar-refractivity contribution in [3.05, 3.63) is 39.6 Å². The van der Waals surface area contributed by atoms with E-state index in [1.54, 1.807) is 6.07 Å². The third-order valence-electron chi connectivity index (χ3n) is 2.74. The zero-order chi connectivity index (χ0) is 12.5. The number of halogens is 2. The number of benzene rings is 1. The van der Waals surface area contributed by atoms with Gasteiger partial charge in [-0.2, -0.15) is 4.37 Å². The monoisotopic (exact) mass is 299 g/mol. The second-order valence-electron chi connectivity index (χ2n) is 4.35. The van der Waals surface area contributed by atoms with E-state index in [0.29, 0.717) is 22.5 Å². The SMILES string of the molecule is Clc1ccc(Cc2nsc(NC3CC3)n2)c(Cl)c1. The lowest BCUT2D eigenvalue weighted by Crippen LogP contribution is -2.00. The Bertz CT molecular complexity index is 566. The summed E-state index contributed by atoms with van der Waals surface area (Å²) in [6.45, 7) is 0. The molecule has 1 fully saturated rings. The minimum atomic E-state index is 0.602. The molecule has 0 unspecified atom stereocenters. The van der Waals surface area contributed by atoms with Crippen LogP contribution in [0.25, 0.3) is 0 Å². The first-order valence-electron chi connectivity index (χ1n) is 5.74. The molecule has 3 rings (SSSR count). The molecule has 0 radical (unpaired) electrons. The molecule has 0 aliphatic heterocycles. The Balaban J connectivity index is 1.72. The van der Waals surface area contributed by atoms with Gasteiger partial charge in [0, 0.05) is 34.0 Å². The summed E-state index contributed by atoms with van der Waals surface area (Å²) in [5.41, 5.74) is 0.997. The summed E-state index contributed by atoms with van der Waals surface area (Å²) in [6.07, 6.45) is 3.11. The maximum absolute atomic E-state index is 6.13. The molecule has 1 aromatic carbocycles. The van der Waals surface area contributed by atoms with Crippen molar-refractivity contribution >= 4 is 39.9 Å². The Morgan fingerprint density at radius 1 is 1.33 bits per heavy atom. The van der Waals surface area contributed by atoms with Crippen LogP contribution in [0.1, 0.15) is 24.2 Å². The molecule has 0 saturated heterocycles. The van der Waals surface area contributed by atoms with Crippen LogP contribution in [-0.4, -0.2) is 15.4 Å². The van der Waals surface area contributed by atoms with Crippen molar-refractivity contribution in [3.8, 4) is 0 Å². The highest BCUT2D eigenvalue weighted by atomic mass is 35.5. The number of nitrogens with zero attached hydrogens (tertiary/aromatic N) is 2. The fourth-order valence-corrected chi connectivity index (χ4v) is 2.76. The Hall–Kier alpha value is -0.840. The van der Waals surface area contributed by atoms with Gasteiger partial charge in [-0.05, 0) is 30.5 Å². The van der Waals surface area contributed by atoms with Crippen molar-refractivity contribution < 1.29 is 0 Å². The summed E-state index contributed by atoms with van der Waals surface area (Å²) in [7, 11) is 0. The van der Waals surface area contributed by atoms with Crippen LogP contribution in [0.4, 0.5) is 5.13 Å². The molecule has 1 aromatic heterocycles. The maximum atomic E-state index is 6.13. The second-order valence-corrected chi connectivity index (χ2v) is 5.94. The van der Waals surface area contributed by atoms with Crippen LogP contribution in [0.5, 0.6) is 0 Å². The third kappa shape index (κ3) is 2.94. The molecule has 2 aromatic rings. The number of hydrogen-bond acceptors (Lipinski definition) is 4. The molecule has 1 saturated carbocycles. The molecule has 1 heterocycles. The summed E-state index contributed by atoms with van der Waals surface area (Å²) in [4.78, 5) is 4.45. The number of anilines is 1. The van der Waals surface area contributed by atoms with Crippen LogP contribution in [0.15, 0.2) is 18.2 Å². The first-order valence-corrected chi connectivity index (χ1v) is 7.27. The van der Waals surface area contributed by atoms with E-state index in [0.717, 1.165) is 16.5 Å². The summed E-state index contributed by atoms with van der Waals surface area (Å²) in [6, 6.07) is 6.09. The van der Waals surface area contributed by atoms with Gasteiger partial charge >= 0.3 is 0 Å². The van der Waals surface area contributed by atoms with Gasteiger partial charge in [0.1, 0.15) is 5.82 Å². The van der Waals surface area contributed by atoms with Crippen LogP contribution >= 0.6 is 34.7 Å². The first-order chi connectivity index (χ1) is 8.70. The van der Waals surface area contributed by atoms with Crippen molar-refractivity contribution in [2.24, 2.45) is 0 Å². The maximum Gasteiger partial charge on any atom is 0.202 e. The van der Waals surface area contributed by atoms with Crippen molar-refractivity contribution in [1.29, 1.82) is 0 Å². The molecule has 18 heavy (non-hydrogen) atoms. The first kappa shape index (κ1) is 12.2. The van der Waals surface area contributed by atoms with E-state index in [1.165, 1.54) is 24.4 Å². The molecular formula is C12H11Cl2N3S. The number of aromatic nitrogens is 2. The van der Waals surface area contributed by atoms with Crippen molar-refractivity contribution in [2.75, 3.05) is 5.32 Å². The Morgan fingerprint density at radius 2 is 2.17 bits per heavy atom. The third-order valence-corrected chi connectivity index (χ3v) is 4.01. The molecule has 0 bridgehead atoms. The largest absolute Gasteiger partial charge is 0.358 e. The Morgan fingerprint density at radius 3 is 2.89 bits per heavy atom. The van der Waals surface area contributed by atoms with Crippen LogP contribution in [0.3, 0.4) is 0 Å². The van der Waals surface area contributed by atoms with E-state index >= 15 is 0 Å². The second kappa shape index (κ2) is 5.03. The summed E-state index contributed by atoms with van der Waals surface area (Å²) < 4.78 is 4.33. The number of hydrogen-bond donors (Lipinski definition) is 1. The molecule has 94 valence electrons. The van der Waals surface area contributed by atoms with Gasteiger partial charge in [0.05, 0.1) is 0 Å². The van der Waals surface area contributed by atoms with Crippen molar-refractivity contribution in [3.63, 3.8) is 0 Å². The molecule has 0 atom stereocenters. The van der Waals surface area contributed by atoms with E-state index in [2.05, 4.69) is 14.7 Å². The van der Waals surface area contributed by atoms with Crippen LogP contribution in [-0.2, 0) is 6.42 Å². The molecule has 0 amide bonds. The lowest BCUT2D eigenvalue weighted by Gasteiger charge is -2.01. The normalized spacial score (nSPS) is 14.8. The fourth-order valence-electron chi connectivity index (χ4n) is 1.62. The standard InChI is InChI=1S/C12H11Cl2N3S/c13-8-2-1-7(10(14)6-8)5-11-16-12(18-17-11)15-9-3-4-9/h1-2,6,9H,3-5H2,(H,15,16,17). The average molecular weight is 300 g/mol. The lowest BCUT2D eigenvalue weighted by atomic mass is 10.1. The molecule has 1 aliphatic rings. The molecule has 6 heteroatoms. The smallest absolute Gasteiger partial charge is 0.202 e. The highest BCUT2D eigenvalue weighted by molar-refractivity contribution is 7.09. The fraction of sp³-hybridized carbons (Fsp3) is 0.333. The lowest BCUT2D eigenvalue weighted by molar-refractivity contribution is 1.03. The quantitative estimate of drug-likeness (QED) is 0.927. The zero-order valence-electron chi connectivity index (χ0n) is 9.49. The highest BCUT2D eigenvalue weighted by Crippen LogP contribution is 2.27. The Kier molecular flexibility index (Phi) is 3.41. The molecule has 3 nitrogen and oxygen atoms in total. The van der Waals surface area contributed by atoms with E-state index in [-0.39, 0.29) is 0 Å². The minimum absolute atomic E-state index is 0.602. The van der Waals surface area contributed by atoms with Gasteiger partial charge in [-0.1, -0.05) is 29.3 Å².